The molecule has 2 aromatic carbocycles. The average molecular weight is 310 g/mol. The lowest BCUT2D eigenvalue weighted by molar-refractivity contribution is -0.121. The summed E-state index contributed by atoms with van der Waals surface area (Å²) >= 11 is 0. The molecule has 3 nitrogen and oxygen atoms in total. The summed E-state index contributed by atoms with van der Waals surface area (Å²) in [6.45, 7) is 0. The summed E-state index contributed by atoms with van der Waals surface area (Å²) in [7, 11) is 3.35. The molecule has 2 aromatic rings. The van der Waals surface area contributed by atoms with E-state index in [2.05, 4.69) is 24.3 Å². The molecule has 0 saturated heterocycles. The Labute approximate surface area is 137 Å². The Balaban J connectivity index is 2.03. The van der Waals surface area contributed by atoms with Crippen LogP contribution in [0.15, 0.2) is 48.5 Å². The number of hydrogen-bond donors (Lipinski definition) is 0. The largest absolute Gasteiger partial charge is 0.497 e. The van der Waals surface area contributed by atoms with Gasteiger partial charge in [-0.2, -0.15) is 0 Å². The van der Waals surface area contributed by atoms with Crippen molar-refractivity contribution in [1.82, 2.24) is 0 Å². The molecule has 0 unspecified atom stereocenters. The quantitative estimate of drug-likeness (QED) is 0.851. The predicted molar refractivity (Wildman–Crippen MR) is 90.2 cm³/mol. The molecule has 120 valence electrons. The molecule has 1 aliphatic rings. The van der Waals surface area contributed by atoms with Crippen LogP contribution in [0.5, 0.6) is 11.5 Å². The van der Waals surface area contributed by atoms with Crippen molar-refractivity contribution < 1.29 is 14.3 Å². The fourth-order valence-corrected chi connectivity index (χ4v) is 3.52. The molecular formula is C20H22O3. The Morgan fingerprint density at radius 1 is 0.739 bits per heavy atom. The Kier molecular flexibility index (Phi) is 4.37. The molecule has 1 saturated carbocycles. The van der Waals surface area contributed by atoms with E-state index in [0.717, 1.165) is 24.3 Å². The minimum Gasteiger partial charge on any atom is -0.497 e. The SMILES string of the molecule is COc1ccc(C2(c3ccc(OC)cc3)CCC(=O)CC2)cc1. The van der Waals surface area contributed by atoms with Crippen LogP contribution < -0.4 is 9.47 Å². The summed E-state index contributed by atoms with van der Waals surface area (Å²) in [4.78, 5) is 11.8. The molecule has 0 amide bonds. The Bertz CT molecular complexity index is 612. The van der Waals surface area contributed by atoms with Gasteiger partial charge in [0.2, 0.25) is 0 Å². The van der Waals surface area contributed by atoms with E-state index in [-0.39, 0.29) is 5.41 Å². The Hall–Kier alpha value is -2.29. The van der Waals surface area contributed by atoms with Gasteiger partial charge >= 0.3 is 0 Å². The zero-order chi connectivity index (χ0) is 16.3. The van der Waals surface area contributed by atoms with Crippen LogP contribution in [-0.2, 0) is 10.2 Å². The van der Waals surface area contributed by atoms with Crippen molar-refractivity contribution in [2.75, 3.05) is 14.2 Å². The van der Waals surface area contributed by atoms with Crippen molar-refractivity contribution in [1.29, 1.82) is 0 Å². The third-order valence-electron chi connectivity index (χ3n) is 4.95. The van der Waals surface area contributed by atoms with E-state index in [9.17, 15) is 4.79 Å². The van der Waals surface area contributed by atoms with Gasteiger partial charge in [-0.1, -0.05) is 24.3 Å². The monoisotopic (exact) mass is 310 g/mol. The van der Waals surface area contributed by atoms with Crippen LogP contribution in [0.1, 0.15) is 36.8 Å². The third-order valence-corrected chi connectivity index (χ3v) is 4.95. The van der Waals surface area contributed by atoms with E-state index in [1.54, 1.807) is 14.2 Å². The highest BCUT2D eigenvalue weighted by Crippen LogP contribution is 2.44. The molecule has 3 heteroatoms. The van der Waals surface area contributed by atoms with Crippen LogP contribution >= 0.6 is 0 Å². The van der Waals surface area contributed by atoms with Crippen molar-refractivity contribution in [2.24, 2.45) is 0 Å². The summed E-state index contributed by atoms with van der Waals surface area (Å²) in [5.74, 6) is 2.07. The molecule has 0 radical (unpaired) electrons. The molecule has 0 bridgehead atoms. The van der Waals surface area contributed by atoms with Crippen LogP contribution in [0, 0.1) is 0 Å². The molecule has 0 aliphatic heterocycles. The van der Waals surface area contributed by atoms with Crippen LogP contribution in [-0.4, -0.2) is 20.0 Å². The minimum absolute atomic E-state index is 0.105. The number of carbonyl (C=O) groups excluding carboxylic acids is 1. The van der Waals surface area contributed by atoms with Gasteiger partial charge in [0.15, 0.2) is 0 Å². The van der Waals surface area contributed by atoms with Gasteiger partial charge in [0, 0.05) is 18.3 Å². The lowest BCUT2D eigenvalue weighted by Crippen LogP contribution is -2.33. The fraction of sp³-hybridized carbons (Fsp3) is 0.350. The summed E-state index contributed by atoms with van der Waals surface area (Å²) < 4.78 is 10.5. The van der Waals surface area contributed by atoms with Gasteiger partial charge in [-0.05, 0) is 48.2 Å². The molecule has 3 rings (SSSR count). The van der Waals surface area contributed by atoms with Crippen LogP contribution in [0.3, 0.4) is 0 Å². The number of ketones is 1. The number of rotatable bonds is 4. The summed E-state index contributed by atoms with van der Waals surface area (Å²) in [6.07, 6.45) is 2.98. The highest BCUT2D eigenvalue weighted by molar-refractivity contribution is 5.80. The second-order valence-electron chi connectivity index (χ2n) is 6.08. The van der Waals surface area contributed by atoms with E-state index in [1.165, 1.54) is 11.1 Å². The Morgan fingerprint density at radius 3 is 1.48 bits per heavy atom. The average Bonchev–Trinajstić information content (AvgIpc) is 2.63. The van der Waals surface area contributed by atoms with E-state index < -0.39 is 0 Å². The third kappa shape index (κ3) is 2.96. The molecule has 0 N–H and O–H groups in total. The molecule has 1 fully saturated rings. The predicted octanol–water partition coefficient (Wildman–Crippen LogP) is 4.13. The van der Waals surface area contributed by atoms with Crippen molar-refractivity contribution in [3.8, 4) is 11.5 Å². The van der Waals surface area contributed by atoms with Gasteiger partial charge in [0.1, 0.15) is 17.3 Å². The summed E-state index contributed by atoms with van der Waals surface area (Å²) in [5.41, 5.74) is 2.39. The maximum absolute atomic E-state index is 11.8. The zero-order valence-corrected chi connectivity index (χ0v) is 13.7. The minimum atomic E-state index is -0.105. The normalized spacial score (nSPS) is 16.9. The van der Waals surface area contributed by atoms with Gasteiger partial charge in [-0.15, -0.1) is 0 Å². The number of Topliss-reactive ketones (excluding diaryl/α,β-unsaturated/α-hetero) is 1. The molecule has 23 heavy (non-hydrogen) atoms. The number of methoxy groups -OCH3 is 2. The lowest BCUT2D eigenvalue weighted by atomic mass is 9.65. The topological polar surface area (TPSA) is 35.5 Å². The van der Waals surface area contributed by atoms with Crippen molar-refractivity contribution in [3.63, 3.8) is 0 Å². The second-order valence-corrected chi connectivity index (χ2v) is 6.08. The van der Waals surface area contributed by atoms with Crippen molar-refractivity contribution >= 4 is 5.78 Å². The maximum Gasteiger partial charge on any atom is 0.133 e. The summed E-state index contributed by atoms with van der Waals surface area (Å²) in [6, 6.07) is 16.5. The van der Waals surface area contributed by atoms with Crippen LogP contribution in [0.4, 0.5) is 0 Å². The number of benzene rings is 2. The van der Waals surface area contributed by atoms with Gasteiger partial charge < -0.3 is 9.47 Å². The van der Waals surface area contributed by atoms with E-state index >= 15 is 0 Å². The number of hydrogen-bond acceptors (Lipinski definition) is 3. The number of carbonyl (C=O) groups is 1. The van der Waals surface area contributed by atoms with Gasteiger partial charge in [0.05, 0.1) is 14.2 Å². The molecule has 0 atom stereocenters. The molecule has 1 aliphatic carbocycles. The first kappa shape index (κ1) is 15.6. The first-order chi connectivity index (χ1) is 11.2. The van der Waals surface area contributed by atoms with E-state index in [0.29, 0.717) is 18.6 Å². The molecule has 0 spiro atoms. The van der Waals surface area contributed by atoms with Crippen molar-refractivity contribution in [3.05, 3.63) is 59.7 Å². The maximum atomic E-state index is 11.8. The summed E-state index contributed by atoms with van der Waals surface area (Å²) in [5, 5.41) is 0. The van der Waals surface area contributed by atoms with Gasteiger partial charge in [0.25, 0.3) is 0 Å². The highest BCUT2D eigenvalue weighted by Gasteiger charge is 2.37. The van der Waals surface area contributed by atoms with E-state index in [4.69, 9.17) is 9.47 Å². The first-order valence-electron chi connectivity index (χ1n) is 7.99. The van der Waals surface area contributed by atoms with Gasteiger partial charge in [-0.25, -0.2) is 0 Å². The standard InChI is InChI=1S/C20H22O3/c1-22-18-7-3-15(4-8-18)20(13-11-17(21)12-14-20)16-5-9-19(23-2)10-6-16/h3-10H,11-14H2,1-2H3. The molecule has 0 heterocycles. The van der Waals surface area contributed by atoms with Crippen LogP contribution in [0.2, 0.25) is 0 Å². The lowest BCUT2D eigenvalue weighted by Gasteiger charge is -2.38. The Morgan fingerprint density at radius 2 is 1.13 bits per heavy atom. The smallest absolute Gasteiger partial charge is 0.133 e. The molecular weight excluding hydrogens is 288 g/mol. The van der Waals surface area contributed by atoms with Crippen molar-refractivity contribution in [2.45, 2.75) is 31.1 Å². The van der Waals surface area contributed by atoms with Crippen LogP contribution in [0.25, 0.3) is 0 Å². The van der Waals surface area contributed by atoms with E-state index in [1.807, 2.05) is 24.3 Å². The van der Waals surface area contributed by atoms with Gasteiger partial charge in [-0.3, -0.25) is 4.79 Å². The zero-order valence-electron chi connectivity index (χ0n) is 13.7. The number of ether oxygens (including phenoxy) is 2. The highest BCUT2D eigenvalue weighted by atomic mass is 16.5. The molecule has 0 aromatic heterocycles. The second kappa shape index (κ2) is 6.45. The fourth-order valence-electron chi connectivity index (χ4n) is 3.52. The first-order valence-corrected chi connectivity index (χ1v) is 7.99.